The third-order valence-electron chi connectivity index (χ3n) is 9.27. The molecule has 48 heavy (non-hydrogen) atoms. The van der Waals surface area contributed by atoms with Gasteiger partial charge >= 0.3 is 0 Å². The molecule has 0 amide bonds. The summed E-state index contributed by atoms with van der Waals surface area (Å²) < 4.78 is 6.36. The zero-order valence-electron chi connectivity index (χ0n) is 30.2. The van der Waals surface area contributed by atoms with Crippen LogP contribution in [0.4, 0.5) is 0 Å². The molecule has 0 bridgehead atoms. The van der Waals surface area contributed by atoms with Crippen molar-refractivity contribution in [2.75, 3.05) is 0 Å². The molecule has 0 aliphatic carbocycles. The number of hydrogen-bond donors (Lipinski definition) is 0. The van der Waals surface area contributed by atoms with E-state index in [1.165, 1.54) is 0 Å². The van der Waals surface area contributed by atoms with Crippen LogP contribution in [0.2, 0.25) is 52.4 Å². The van der Waals surface area contributed by atoms with Crippen molar-refractivity contribution >= 4 is 57.2 Å². The number of rotatable bonds is 8. The third-order valence-corrected chi connectivity index (χ3v) is 72.9. The Morgan fingerprint density at radius 1 is 0.750 bits per heavy atom. The Morgan fingerprint density at radius 3 is 2.04 bits per heavy atom. The topological polar surface area (TPSA) is 38.9 Å². The first-order chi connectivity index (χ1) is 22.3. The minimum Gasteiger partial charge on any atom is -0.501 e. The molecular formula is C40H49IrN2OSi4-2. The summed E-state index contributed by atoms with van der Waals surface area (Å²) in [5.74, 6) is 0.606. The van der Waals surface area contributed by atoms with Gasteiger partial charge < -0.3 is 14.4 Å². The van der Waals surface area contributed by atoms with Crippen molar-refractivity contribution < 1.29 is 24.5 Å². The van der Waals surface area contributed by atoms with Gasteiger partial charge in [-0.05, 0) is 41.0 Å². The van der Waals surface area contributed by atoms with Gasteiger partial charge in [-0.2, -0.15) is 0 Å². The van der Waals surface area contributed by atoms with Crippen LogP contribution in [0, 0.1) is 18.1 Å². The summed E-state index contributed by atoms with van der Waals surface area (Å²) in [7, 11) is -3.37. The van der Waals surface area contributed by atoms with E-state index in [1.807, 2.05) is 60.7 Å². The molecule has 0 saturated heterocycles. The van der Waals surface area contributed by atoms with Gasteiger partial charge in [-0.1, -0.05) is 119 Å². The first-order valence-electron chi connectivity index (χ1n) is 16.8. The Labute approximate surface area is 306 Å². The second-order valence-corrected chi connectivity index (χ2v) is 51.5. The molecular weight excluding hydrogens is 829 g/mol. The van der Waals surface area contributed by atoms with E-state index in [9.17, 15) is 0 Å². The average Bonchev–Trinajstić information content (AvgIpc) is 3.40. The van der Waals surface area contributed by atoms with Crippen LogP contribution in [0.25, 0.3) is 44.5 Å². The van der Waals surface area contributed by atoms with E-state index < -0.39 is 30.1 Å². The second kappa shape index (κ2) is 15.4. The quantitative estimate of drug-likeness (QED) is 0.113. The average molecular weight is 878 g/mol. The fraction of sp³-hybridized carbons (Fsp3) is 0.300. The Hall–Kier alpha value is -2.72. The molecule has 252 valence electrons. The maximum absolute atomic E-state index is 6.36. The minimum absolute atomic E-state index is 0. The number of aromatic nitrogens is 2. The Bertz CT molecular complexity index is 1890. The molecule has 6 aromatic rings. The number of benzene rings is 3. The van der Waals surface area contributed by atoms with E-state index in [0.29, 0.717) is 5.92 Å². The van der Waals surface area contributed by atoms with Crippen LogP contribution < -0.4 is 5.19 Å². The summed E-state index contributed by atoms with van der Waals surface area (Å²) >= 11 is 0. The van der Waals surface area contributed by atoms with E-state index in [0.717, 1.165) is 50.9 Å². The number of furan rings is 1. The van der Waals surface area contributed by atoms with Crippen LogP contribution in [-0.4, -0.2) is 40.1 Å². The first-order valence-corrected chi connectivity index (χ1v) is 31.3. The van der Waals surface area contributed by atoms with Gasteiger partial charge in [0.05, 0.1) is 12.2 Å². The van der Waals surface area contributed by atoms with Gasteiger partial charge in [-0.15, -0.1) is 54.1 Å². The summed E-state index contributed by atoms with van der Waals surface area (Å²) in [5, 5.41) is 4.00. The van der Waals surface area contributed by atoms with Crippen molar-refractivity contribution in [2.24, 2.45) is 5.92 Å². The zero-order valence-corrected chi connectivity index (χ0v) is 36.6. The third kappa shape index (κ3) is 7.54. The van der Waals surface area contributed by atoms with Crippen molar-refractivity contribution in [1.82, 2.24) is 9.97 Å². The van der Waals surface area contributed by atoms with Crippen molar-refractivity contribution in [3.8, 4) is 22.5 Å². The molecule has 3 heterocycles. The van der Waals surface area contributed by atoms with Crippen molar-refractivity contribution in [3.63, 3.8) is 0 Å². The molecule has 0 fully saturated rings. The number of pyridine rings is 2. The smallest absolute Gasteiger partial charge is 0.120 e. The van der Waals surface area contributed by atoms with Gasteiger partial charge in [0.2, 0.25) is 0 Å². The van der Waals surface area contributed by atoms with Gasteiger partial charge in [0.25, 0.3) is 0 Å². The molecule has 8 heteroatoms. The fourth-order valence-corrected chi connectivity index (χ4v) is 88.0. The molecule has 0 aliphatic rings. The molecule has 0 N–H and O–H groups in total. The second-order valence-electron chi connectivity index (χ2n) is 15.3. The molecule has 0 aliphatic heterocycles. The van der Waals surface area contributed by atoms with E-state index in [2.05, 4.69) is 114 Å². The van der Waals surface area contributed by atoms with E-state index in [-0.39, 0.29) is 20.1 Å². The normalized spacial score (nSPS) is 12.2. The number of para-hydroxylation sites is 1. The Kier molecular flexibility index (Phi) is 12.3. The predicted octanol–water partition coefficient (Wildman–Crippen LogP) is 10.5. The summed E-state index contributed by atoms with van der Waals surface area (Å²) in [6, 6.07) is 35.2. The number of hydrogen-bond acceptors (Lipinski definition) is 3. The van der Waals surface area contributed by atoms with Gasteiger partial charge in [-0.25, -0.2) is 0 Å². The van der Waals surface area contributed by atoms with Crippen LogP contribution in [0.3, 0.4) is 0 Å². The standard InChI is InChI=1S/C29H41NOSi4.C11H8N.Ir/c1-21(2)18-22-19-26(25-16-13-15-24-23-14-11-12-17-27(23)31-29(24)25)30-20-28(22)35(32(3)4,33(5,6)7)34(8,9)10;1-2-6-10(7-3-1)11-8-4-5-9-12-11;/h11-15,17,19-21H,18H2,1-10H3;1-6,8-9H;/q2*-1;. The van der Waals surface area contributed by atoms with Gasteiger partial charge in [-0.3, -0.25) is 0 Å². The van der Waals surface area contributed by atoms with Crippen molar-refractivity contribution in [1.29, 1.82) is 0 Å². The largest absolute Gasteiger partial charge is 0.501 e. The van der Waals surface area contributed by atoms with Gasteiger partial charge in [0.1, 0.15) is 5.58 Å². The summed E-state index contributed by atoms with van der Waals surface area (Å²) in [6.45, 7) is 24.2. The number of nitrogens with zero attached hydrogens (tertiary/aromatic N) is 2. The van der Waals surface area contributed by atoms with Gasteiger partial charge in [0, 0.05) is 61.4 Å². The van der Waals surface area contributed by atoms with Crippen LogP contribution in [-0.2, 0) is 26.5 Å². The summed E-state index contributed by atoms with van der Waals surface area (Å²) in [5.41, 5.74) is 7.38. The maximum Gasteiger partial charge on any atom is 0.120 e. The van der Waals surface area contributed by atoms with E-state index in [1.54, 1.807) is 16.9 Å². The summed E-state index contributed by atoms with van der Waals surface area (Å²) in [6.07, 6.45) is 5.23. The van der Waals surface area contributed by atoms with Gasteiger partial charge in [0.15, 0.2) is 0 Å². The SMILES string of the molecule is CC(C)Cc1cc(-c2[c-]ccc3c2oc2ccccc23)ncc1[Si]([Si](C)C)([Si](C)(C)C)[Si](C)(C)C.[Ir].[c-]1ccccc1-c1ccccn1. The monoisotopic (exact) mass is 878 g/mol. The van der Waals surface area contributed by atoms with Crippen LogP contribution in [0.1, 0.15) is 19.4 Å². The number of fused-ring (bicyclic) bond motifs is 3. The molecule has 3 aromatic carbocycles. The predicted molar refractivity (Wildman–Crippen MR) is 212 cm³/mol. The van der Waals surface area contributed by atoms with Crippen LogP contribution in [0.5, 0.6) is 0 Å². The minimum atomic E-state index is -1.68. The molecule has 0 atom stereocenters. The van der Waals surface area contributed by atoms with Crippen molar-refractivity contribution in [3.05, 3.63) is 115 Å². The molecule has 3 nitrogen and oxygen atoms in total. The fourth-order valence-electron chi connectivity index (χ4n) is 8.24. The molecule has 0 unspecified atom stereocenters. The van der Waals surface area contributed by atoms with Crippen LogP contribution >= 0.6 is 0 Å². The maximum atomic E-state index is 6.36. The van der Waals surface area contributed by atoms with Crippen molar-refractivity contribution in [2.45, 2.75) is 72.6 Å². The van der Waals surface area contributed by atoms with Crippen LogP contribution in [0.15, 0.2) is 102 Å². The molecule has 0 saturated carbocycles. The Balaban J connectivity index is 0.000000335. The molecule has 0 spiro atoms. The molecule has 6 rings (SSSR count). The van der Waals surface area contributed by atoms with E-state index in [4.69, 9.17) is 9.40 Å². The molecule has 3 aromatic heterocycles. The first kappa shape index (κ1) is 38.1. The van der Waals surface area contributed by atoms with E-state index >= 15 is 0 Å². The zero-order chi connectivity index (χ0) is 34.0. The summed E-state index contributed by atoms with van der Waals surface area (Å²) in [4.78, 5) is 9.43. The Morgan fingerprint density at radius 2 is 1.44 bits per heavy atom. The molecule has 2 radical (unpaired) electrons.